The first-order valence-corrected chi connectivity index (χ1v) is 8.60. The van der Waals surface area contributed by atoms with E-state index in [2.05, 4.69) is 12.8 Å². The second-order valence-corrected chi connectivity index (χ2v) is 7.94. The molecule has 0 saturated heterocycles. The van der Waals surface area contributed by atoms with Crippen molar-refractivity contribution in [3.8, 4) is 18.1 Å². The van der Waals surface area contributed by atoms with Gasteiger partial charge in [-0.15, -0.1) is 6.42 Å². The summed E-state index contributed by atoms with van der Waals surface area (Å²) >= 11 is 0. The molecule has 3 aliphatic rings. The van der Waals surface area contributed by atoms with Crippen molar-refractivity contribution in [3.05, 3.63) is 29.3 Å². The molecular weight excluding hydrogens is 288 g/mol. The van der Waals surface area contributed by atoms with Gasteiger partial charge in [-0.05, 0) is 73.1 Å². The van der Waals surface area contributed by atoms with E-state index in [1.165, 1.54) is 5.56 Å². The van der Waals surface area contributed by atoms with Crippen molar-refractivity contribution in [1.82, 2.24) is 0 Å². The van der Waals surface area contributed by atoms with Crippen LogP contribution >= 0.6 is 0 Å². The van der Waals surface area contributed by atoms with Crippen molar-refractivity contribution in [2.24, 2.45) is 17.3 Å². The summed E-state index contributed by atoms with van der Waals surface area (Å²) in [7, 11) is 0. The van der Waals surface area contributed by atoms with Gasteiger partial charge in [0.25, 0.3) is 0 Å². The quantitative estimate of drug-likeness (QED) is 0.645. The molecule has 23 heavy (non-hydrogen) atoms. The molecule has 0 spiro atoms. The average Bonchev–Trinajstić information content (AvgIpc) is 2.80. The van der Waals surface area contributed by atoms with Crippen LogP contribution in [-0.2, 0) is 0 Å². The van der Waals surface area contributed by atoms with E-state index < -0.39 is 11.7 Å². The predicted molar refractivity (Wildman–Crippen MR) is 87.8 cm³/mol. The highest BCUT2D eigenvalue weighted by atomic mass is 16.3. The fourth-order valence-electron chi connectivity index (χ4n) is 5.83. The topological polar surface area (TPSA) is 60.7 Å². The van der Waals surface area contributed by atoms with Crippen LogP contribution in [0.15, 0.2) is 18.2 Å². The molecule has 3 heteroatoms. The molecule has 1 aromatic carbocycles. The summed E-state index contributed by atoms with van der Waals surface area (Å²) < 4.78 is 0. The first kappa shape index (κ1) is 15.1. The number of hydrogen-bond donors (Lipinski definition) is 3. The number of rotatable bonds is 0. The fraction of sp³-hybridized carbons (Fsp3) is 0.600. The zero-order chi connectivity index (χ0) is 16.4. The van der Waals surface area contributed by atoms with Crippen LogP contribution in [0.25, 0.3) is 0 Å². The van der Waals surface area contributed by atoms with Crippen molar-refractivity contribution in [3.63, 3.8) is 0 Å². The molecule has 2 saturated carbocycles. The maximum atomic E-state index is 10.9. The van der Waals surface area contributed by atoms with Crippen LogP contribution in [0.2, 0.25) is 0 Å². The smallest absolute Gasteiger partial charge is 0.130 e. The predicted octanol–water partition coefficient (Wildman–Crippen LogP) is 3.10. The minimum atomic E-state index is -1.01. The lowest BCUT2D eigenvalue weighted by Gasteiger charge is -2.52. The largest absolute Gasteiger partial charge is 0.508 e. The van der Waals surface area contributed by atoms with Crippen LogP contribution in [-0.4, -0.2) is 20.9 Å². The van der Waals surface area contributed by atoms with Crippen LogP contribution in [0.1, 0.15) is 62.2 Å². The Morgan fingerprint density at radius 1 is 1.22 bits per heavy atom. The lowest BCUT2D eigenvalue weighted by Crippen LogP contribution is -2.50. The number of aliphatic hydroxyl groups is 2. The molecule has 3 N–H and O–H groups in total. The lowest BCUT2D eigenvalue weighted by molar-refractivity contribution is -0.0729. The summed E-state index contributed by atoms with van der Waals surface area (Å²) in [6.07, 6.45) is 9.31. The Labute approximate surface area is 137 Å². The fourth-order valence-corrected chi connectivity index (χ4v) is 5.83. The summed E-state index contributed by atoms with van der Waals surface area (Å²) in [4.78, 5) is 0. The van der Waals surface area contributed by atoms with Crippen molar-refractivity contribution in [2.75, 3.05) is 0 Å². The number of hydrogen-bond acceptors (Lipinski definition) is 3. The van der Waals surface area contributed by atoms with Gasteiger partial charge in [0.15, 0.2) is 0 Å². The summed E-state index contributed by atoms with van der Waals surface area (Å²) in [6, 6.07) is 5.39. The number of phenolic OH excluding ortho intramolecular Hbond substituents is 1. The van der Waals surface area contributed by atoms with E-state index in [9.17, 15) is 15.3 Å². The maximum Gasteiger partial charge on any atom is 0.130 e. The minimum Gasteiger partial charge on any atom is -0.508 e. The monoisotopic (exact) mass is 312 g/mol. The Morgan fingerprint density at radius 2 is 2.00 bits per heavy atom. The molecule has 0 heterocycles. The van der Waals surface area contributed by atoms with E-state index in [1.807, 2.05) is 6.07 Å². The second kappa shape index (κ2) is 4.75. The molecule has 0 radical (unpaired) electrons. The van der Waals surface area contributed by atoms with Crippen LogP contribution in [0.4, 0.5) is 0 Å². The van der Waals surface area contributed by atoms with E-state index in [0.29, 0.717) is 30.6 Å². The number of aromatic hydroxyl groups is 1. The highest BCUT2D eigenvalue weighted by Crippen LogP contribution is 2.65. The van der Waals surface area contributed by atoms with Gasteiger partial charge < -0.3 is 15.3 Å². The van der Waals surface area contributed by atoms with Gasteiger partial charge in [0, 0.05) is 5.41 Å². The molecule has 3 aliphatic carbocycles. The molecular formula is C20H24O3. The zero-order valence-corrected chi connectivity index (χ0v) is 13.5. The Morgan fingerprint density at radius 3 is 2.74 bits per heavy atom. The van der Waals surface area contributed by atoms with E-state index in [0.717, 1.165) is 24.8 Å². The van der Waals surface area contributed by atoms with Crippen LogP contribution in [0, 0.1) is 29.6 Å². The van der Waals surface area contributed by atoms with Crippen LogP contribution in [0.3, 0.4) is 0 Å². The number of phenols is 1. The van der Waals surface area contributed by atoms with Crippen LogP contribution in [0.5, 0.6) is 5.75 Å². The summed E-state index contributed by atoms with van der Waals surface area (Å²) in [6.45, 7) is 2.14. The zero-order valence-electron chi connectivity index (χ0n) is 13.5. The van der Waals surface area contributed by atoms with E-state index >= 15 is 0 Å². The van der Waals surface area contributed by atoms with Crippen molar-refractivity contribution < 1.29 is 15.3 Å². The van der Waals surface area contributed by atoms with Crippen LogP contribution < -0.4 is 0 Å². The molecule has 0 amide bonds. The summed E-state index contributed by atoms with van der Waals surface area (Å²) in [5.74, 6) is 3.98. The molecule has 0 bridgehead atoms. The lowest BCUT2D eigenvalue weighted by atomic mass is 9.53. The standard InChI is InChI=1S/C20H24O3/c1-3-20(23)9-7-17-15-11-18(22)16-10-12(21)4-5-13(16)14(15)6-8-19(17,20)2/h1,4-5,10,14-15,17-18,21-23H,6-9,11H2,2H3/t14-,15-,17+,18-,19+,20-/m1/s1. The first-order valence-electron chi connectivity index (χ1n) is 8.60. The molecule has 0 aromatic heterocycles. The Hall–Kier alpha value is -1.50. The number of terminal acetylenes is 1. The van der Waals surface area contributed by atoms with E-state index in [-0.39, 0.29) is 11.2 Å². The third-order valence-electron chi connectivity index (χ3n) is 7.15. The first-order chi connectivity index (χ1) is 10.9. The van der Waals surface area contributed by atoms with E-state index in [1.54, 1.807) is 12.1 Å². The van der Waals surface area contributed by atoms with Crippen molar-refractivity contribution in [2.45, 2.75) is 56.7 Å². The van der Waals surface area contributed by atoms with Gasteiger partial charge in [-0.1, -0.05) is 18.9 Å². The highest BCUT2D eigenvalue weighted by molar-refractivity contribution is 5.42. The molecule has 122 valence electrons. The van der Waals surface area contributed by atoms with Crippen molar-refractivity contribution in [1.29, 1.82) is 0 Å². The molecule has 4 rings (SSSR count). The van der Waals surface area contributed by atoms with E-state index in [4.69, 9.17) is 6.42 Å². The number of fused-ring (bicyclic) bond motifs is 5. The molecule has 0 unspecified atom stereocenters. The summed E-state index contributed by atoms with van der Waals surface area (Å²) in [5, 5.41) is 31.2. The van der Waals surface area contributed by atoms with Gasteiger partial charge in [-0.25, -0.2) is 0 Å². The molecule has 2 fully saturated rings. The molecule has 6 atom stereocenters. The van der Waals surface area contributed by atoms with Gasteiger partial charge in [0.1, 0.15) is 11.4 Å². The van der Waals surface area contributed by atoms with Gasteiger partial charge in [0.2, 0.25) is 0 Å². The maximum absolute atomic E-state index is 10.9. The van der Waals surface area contributed by atoms with Gasteiger partial charge in [0.05, 0.1) is 6.10 Å². The summed E-state index contributed by atoms with van der Waals surface area (Å²) in [5.41, 5.74) is 0.782. The van der Waals surface area contributed by atoms with Gasteiger partial charge in [-0.3, -0.25) is 0 Å². The third-order valence-corrected chi connectivity index (χ3v) is 7.15. The average molecular weight is 312 g/mol. The Kier molecular flexibility index (Phi) is 3.11. The Bertz CT molecular complexity index is 691. The normalized spacial score (nSPS) is 44.8. The Balaban J connectivity index is 1.76. The third kappa shape index (κ3) is 1.86. The second-order valence-electron chi connectivity index (χ2n) is 7.94. The number of benzene rings is 1. The minimum absolute atomic E-state index is 0.212. The molecule has 0 aliphatic heterocycles. The van der Waals surface area contributed by atoms with Gasteiger partial charge >= 0.3 is 0 Å². The number of aliphatic hydroxyl groups excluding tert-OH is 1. The SMILES string of the molecule is C#C[C@@]1(O)CC[C@H]2[C@@H]3C[C@@H](O)c4cc(O)ccc4[C@H]3CC[C@@]21C. The highest BCUT2D eigenvalue weighted by Gasteiger charge is 2.61. The molecule has 1 aromatic rings. The molecule has 3 nitrogen and oxygen atoms in total. The van der Waals surface area contributed by atoms with Gasteiger partial charge in [-0.2, -0.15) is 0 Å². The van der Waals surface area contributed by atoms with Crippen molar-refractivity contribution >= 4 is 0 Å².